The fourth-order valence-corrected chi connectivity index (χ4v) is 5.61. The first-order valence-electron chi connectivity index (χ1n) is 10.4. The molecule has 2 aromatic carbocycles. The standard InChI is InChI=1S/C24H21Cl2N3O3S2/c1-4-32-16-10-8-15(9-11-16)29-23(31)20-13(2)14(3)34-22(20)28-24(29)33-12-19(30)27-18-7-5-6-17(25)21(18)26/h5-11H,4,12H2,1-3H3,(H,27,30). The molecule has 0 spiro atoms. The number of aryl methyl sites for hydroxylation is 2. The average Bonchev–Trinajstić information content (AvgIpc) is 3.10. The molecule has 0 fully saturated rings. The number of carbonyl (C=O) groups is 1. The largest absolute Gasteiger partial charge is 0.494 e. The second-order valence-corrected chi connectivity index (χ2v) is 10.3. The molecule has 6 nitrogen and oxygen atoms in total. The molecule has 0 unspecified atom stereocenters. The molecule has 0 saturated carbocycles. The predicted molar refractivity (Wildman–Crippen MR) is 142 cm³/mol. The van der Waals surface area contributed by atoms with Gasteiger partial charge in [-0.3, -0.25) is 14.2 Å². The van der Waals surface area contributed by atoms with Crippen molar-refractivity contribution in [3.63, 3.8) is 0 Å². The van der Waals surface area contributed by atoms with Gasteiger partial charge < -0.3 is 10.1 Å². The highest BCUT2D eigenvalue weighted by Crippen LogP contribution is 2.31. The van der Waals surface area contributed by atoms with Gasteiger partial charge in [-0.1, -0.05) is 41.0 Å². The Morgan fingerprint density at radius 3 is 2.62 bits per heavy atom. The van der Waals surface area contributed by atoms with Crippen LogP contribution in [0, 0.1) is 13.8 Å². The Morgan fingerprint density at radius 2 is 1.91 bits per heavy atom. The first kappa shape index (κ1) is 24.6. The molecular weight excluding hydrogens is 513 g/mol. The van der Waals surface area contributed by atoms with Crippen LogP contribution in [-0.2, 0) is 4.79 Å². The van der Waals surface area contributed by atoms with Crippen LogP contribution in [0.5, 0.6) is 5.75 Å². The van der Waals surface area contributed by atoms with E-state index in [1.54, 1.807) is 22.8 Å². The summed E-state index contributed by atoms with van der Waals surface area (Å²) in [7, 11) is 0. The van der Waals surface area contributed by atoms with Gasteiger partial charge in [0.25, 0.3) is 5.56 Å². The lowest BCUT2D eigenvalue weighted by Gasteiger charge is -2.13. The van der Waals surface area contributed by atoms with Gasteiger partial charge in [-0.05, 0) is 62.7 Å². The zero-order valence-electron chi connectivity index (χ0n) is 18.6. The minimum atomic E-state index is -0.291. The monoisotopic (exact) mass is 533 g/mol. The Morgan fingerprint density at radius 1 is 1.18 bits per heavy atom. The van der Waals surface area contributed by atoms with Crippen LogP contribution < -0.4 is 15.6 Å². The SMILES string of the molecule is CCOc1ccc(-n2c(SCC(=O)Nc3cccc(Cl)c3Cl)nc3sc(C)c(C)c3c2=O)cc1. The highest BCUT2D eigenvalue weighted by molar-refractivity contribution is 7.99. The Kier molecular flexibility index (Phi) is 7.52. The lowest BCUT2D eigenvalue weighted by Crippen LogP contribution is -2.23. The number of aromatic nitrogens is 2. The highest BCUT2D eigenvalue weighted by Gasteiger charge is 2.19. The van der Waals surface area contributed by atoms with Crippen LogP contribution in [0.4, 0.5) is 5.69 Å². The van der Waals surface area contributed by atoms with Gasteiger partial charge in [0.05, 0.1) is 39.2 Å². The molecule has 1 amide bonds. The third-order valence-electron chi connectivity index (χ3n) is 5.14. The van der Waals surface area contributed by atoms with Gasteiger partial charge in [-0.25, -0.2) is 4.98 Å². The maximum Gasteiger partial charge on any atom is 0.267 e. The van der Waals surface area contributed by atoms with Crippen molar-refractivity contribution in [2.24, 2.45) is 0 Å². The number of benzene rings is 2. The summed E-state index contributed by atoms with van der Waals surface area (Å²) in [6.45, 7) is 6.35. The fraction of sp³-hybridized carbons (Fsp3) is 0.208. The number of thiophene rings is 1. The maximum absolute atomic E-state index is 13.6. The summed E-state index contributed by atoms with van der Waals surface area (Å²) in [5, 5.41) is 4.41. The van der Waals surface area contributed by atoms with Crippen LogP contribution in [0.1, 0.15) is 17.4 Å². The fourth-order valence-electron chi connectivity index (χ4n) is 3.37. The lowest BCUT2D eigenvalue weighted by atomic mass is 10.2. The molecule has 2 aromatic heterocycles. The summed E-state index contributed by atoms with van der Waals surface area (Å²) < 4.78 is 7.07. The first-order valence-corrected chi connectivity index (χ1v) is 13.0. The van der Waals surface area contributed by atoms with E-state index in [-0.39, 0.29) is 22.2 Å². The third kappa shape index (κ3) is 4.95. The van der Waals surface area contributed by atoms with E-state index in [0.717, 1.165) is 10.4 Å². The van der Waals surface area contributed by atoms with E-state index < -0.39 is 0 Å². The Bertz CT molecular complexity index is 1430. The van der Waals surface area contributed by atoms with Gasteiger partial charge in [-0.2, -0.15) is 0 Å². The Balaban J connectivity index is 1.69. The molecule has 0 aliphatic carbocycles. The summed E-state index contributed by atoms with van der Waals surface area (Å²) in [6, 6.07) is 12.3. The molecule has 0 bridgehead atoms. The summed E-state index contributed by atoms with van der Waals surface area (Å²) >= 11 is 14.9. The number of ether oxygens (including phenoxy) is 1. The van der Waals surface area contributed by atoms with Gasteiger partial charge in [0.1, 0.15) is 10.6 Å². The van der Waals surface area contributed by atoms with Gasteiger partial charge in [0.2, 0.25) is 5.91 Å². The average molecular weight is 534 g/mol. The molecular formula is C24H21Cl2N3O3S2. The third-order valence-corrected chi connectivity index (χ3v) is 7.99. The van der Waals surface area contributed by atoms with Crippen molar-refractivity contribution in [2.75, 3.05) is 17.7 Å². The molecule has 0 aliphatic rings. The van der Waals surface area contributed by atoms with Gasteiger partial charge in [0, 0.05) is 4.88 Å². The number of hydrogen-bond acceptors (Lipinski definition) is 6. The topological polar surface area (TPSA) is 73.2 Å². The zero-order chi connectivity index (χ0) is 24.4. The molecule has 34 heavy (non-hydrogen) atoms. The normalized spacial score (nSPS) is 11.1. The van der Waals surface area contributed by atoms with Crippen molar-refractivity contribution in [1.29, 1.82) is 0 Å². The summed E-state index contributed by atoms with van der Waals surface area (Å²) in [6.07, 6.45) is 0. The van der Waals surface area contributed by atoms with Crippen LogP contribution in [0.2, 0.25) is 10.0 Å². The van der Waals surface area contributed by atoms with Gasteiger partial charge in [0.15, 0.2) is 5.16 Å². The number of amides is 1. The smallest absolute Gasteiger partial charge is 0.267 e. The van der Waals surface area contributed by atoms with Crippen molar-refractivity contribution >= 4 is 68.1 Å². The molecule has 4 aromatic rings. The number of nitrogens with one attached hydrogen (secondary N) is 1. The molecule has 0 aliphatic heterocycles. The maximum atomic E-state index is 13.6. The quantitative estimate of drug-likeness (QED) is 0.217. The molecule has 0 atom stereocenters. The van der Waals surface area contributed by atoms with Crippen LogP contribution in [-0.4, -0.2) is 27.8 Å². The number of thioether (sulfide) groups is 1. The molecule has 4 rings (SSSR count). The van der Waals surface area contributed by atoms with Gasteiger partial charge in [-0.15, -0.1) is 11.3 Å². The number of rotatable bonds is 7. The first-order chi connectivity index (χ1) is 16.3. The zero-order valence-corrected chi connectivity index (χ0v) is 21.8. The minimum Gasteiger partial charge on any atom is -0.494 e. The van der Waals surface area contributed by atoms with E-state index >= 15 is 0 Å². The Hall–Kier alpha value is -2.52. The van der Waals surface area contributed by atoms with E-state index in [0.29, 0.717) is 44.1 Å². The van der Waals surface area contributed by atoms with Crippen molar-refractivity contribution in [1.82, 2.24) is 9.55 Å². The number of fused-ring (bicyclic) bond motifs is 1. The van der Waals surface area contributed by atoms with Crippen LogP contribution in [0.3, 0.4) is 0 Å². The summed E-state index contributed by atoms with van der Waals surface area (Å²) in [4.78, 5) is 32.7. The van der Waals surface area contributed by atoms with Crippen molar-refractivity contribution in [3.05, 3.63) is 73.3 Å². The molecule has 2 heterocycles. The molecule has 10 heteroatoms. The lowest BCUT2D eigenvalue weighted by molar-refractivity contribution is -0.113. The summed E-state index contributed by atoms with van der Waals surface area (Å²) in [5.41, 5.74) is 1.82. The van der Waals surface area contributed by atoms with Crippen molar-refractivity contribution < 1.29 is 9.53 Å². The van der Waals surface area contributed by atoms with E-state index in [9.17, 15) is 9.59 Å². The highest BCUT2D eigenvalue weighted by atomic mass is 35.5. The molecule has 1 N–H and O–H groups in total. The second-order valence-electron chi connectivity index (χ2n) is 7.36. The second kappa shape index (κ2) is 10.4. The number of hydrogen-bond donors (Lipinski definition) is 1. The van der Waals surface area contributed by atoms with E-state index in [2.05, 4.69) is 5.32 Å². The van der Waals surface area contributed by atoms with Crippen molar-refractivity contribution in [3.8, 4) is 11.4 Å². The number of carbonyl (C=O) groups excluding carboxylic acids is 1. The van der Waals surface area contributed by atoms with E-state index in [4.69, 9.17) is 32.9 Å². The molecule has 0 saturated heterocycles. The van der Waals surface area contributed by atoms with Crippen molar-refractivity contribution in [2.45, 2.75) is 25.9 Å². The summed E-state index contributed by atoms with van der Waals surface area (Å²) in [5.74, 6) is 0.449. The van der Waals surface area contributed by atoms with Crippen LogP contribution in [0.15, 0.2) is 52.4 Å². The number of halogens is 2. The Labute approximate surface area is 214 Å². The molecule has 176 valence electrons. The van der Waals surface area contributed by atoms with E-state index in [1.807, 2.05) is 45.0 Å². The minimum absolute atomic E-state index is 0.0289. The predicted octanol–water partition coefficient (Wildman–Crippen LogP) is 6.50. The van der Waals surface area contributed by atoms with E-state index in [1.165, 1.54) is 23.1 Å². The van der Waals surface area contributed by atoms with Gasteiger partial charge >= 0.3 is 0 Å². The number of nitrogens with zero attached hydrogens (tertiary/aromatic N) is 2. The van der Waals surface area contributed by atoms with Crippen LogP contribution >= 0.6 is 46.3 Å². The van der Waals surface area contributed by atoms with Crippen LogP contribution in [0.25, 0.3) is 15.9 Å². The molecule has 0 radical (unpaired) electrons. The number of anilines is 1.